The van der Waals surface area contributed by atoms with Crippen LogP contribution in [-0.4, -0.2) is 12.0 Å². The van der Waals surface area contributed by atoms with Crippen LogP contribution in [0.15, 0.2) is 48.5 Å². The van der Waals surface area contributed by atoms with Crippen LogP contribution in [-0.2, 0) is 11.2 Å². The molecule has 0 fully saturated rings. The van der Waals surface area contributed by atoms with Gasteiger partial charge in [0.2, 0.25) is 0 Å². The predicted octanol–water partition coefficient (Wildman–Crippen LogP) is 2.94. The number of aryl methyl sites for hydroxylation is 1. The molecule has 1 atom stereocenters. The van der Waals surface area contributed by atoms with Gasteiger partial charge in [0.1, 0.15) is 5.75 Å². The monoisotopic (exact) mass is 253 g/mol. The number of hydrogen-bond acceptors (Lipinski definition) is 2. The minimum absolute atomic E-state index is 0.0972. The summed E-state index contributed by atoms with van der Waals surface area (Å²) >= 11 is 0. The summed E-state index contributed by atoms with van der Waals surface area (Å²) in [7, 11) is 0. The number of ether oxygens (including phenoxy) is 1. The smallest absolute Gasteiger partial charge is 0.265 e. The first kappa shape index (κ1) is 11.8. The summed E-state index contributed by atoms with van der Waals surface area (Å²) in [6.07, 6.45) is 0.201. The third kappa shape index (κ3) is 2.45. The molecular formula is C16H15NO2. The summed E-state index contributed by atoms with van der Waals surface area (Å²) in [5.74, 6) is 0.714. The van der Waals surface area contributed by atoms with Crippen molar-refractivity contribution in [3.05, 3.63) is 59.7 Å². The standard InChI is InChI=1S/C16H15NO2/c1-11-6-8-13(9-7-11)17-16(18)15-10-12-4-2-3-5-14(12)19-15/h2-9,15H,10H2,1H3,(H,17,18)/t15-/m0/s1. The van der Waals surface area contributed by atoms with E-state index in [2.05, 4.69) is 5.32 Å². The van der Waals surface area contributed by atoms with Crippen LogP contribution in [0.2, 0.25) is 0 Å². The quantitative estimate of drug-likeness (QED) is 0.893. The number of benzene rings is 2. The largest absolute Gasteiger partial charge is 0.480 e. The zero-order valence-corrected chi connectivity index (χ0v) is 10.7. The number of fused-ring (bicyclic) bond motifs is 1. The molecule has 0 spiro atoms. The second kappa shape index (κ2) is 4.76. The summed E-state index contributed by atoms with van der Waals surface area (Å²) in [5.41, 5.74) is 3.06. The van der Waals surface area contributed by atoms with Gasteiger partial charge in [0.05, 0.1) is 0 Å². The van der Waals surface area contributed by atoms with E-state index in [4.69, 9.17) is 4.74 Å². The normalized spacial score (nSPS) is 16.6. The van der Waals surface area contributed by atoms with E-state index in [-0.39, 0.29) is 5.91 Å². The first-order chi connectivity index (χ1) is 9.22. The van der Waals surface area contributed by atoms with Crippen molar-refractivity contribution in [2.24, 2.45) is 0 Å². The molecule has 19 heavy (non-hydrogen) atoms. The lowest BCUT2D eigenvalue weighted by Gasteiger charge is -2.11. The van der Waals surface area contributed by atoms with Crippen molar-refractivity contribution in [3.8, 4) is 5.75 Å². The van der Waals surface area contributed by atoms with E-state index >= 15 is 0 Å². The van der Waals surface area contributed by atoms with Crippen LogP contribution in [0.3, 0.4) is 0 Å². The number of carbonyl (C=O) groups is 1. The molecule has 1 aliphatic heterocycles. The molecule has 1 aliphatic rings. The van der Waals surface area contributed by atoms with Gasteiger partial charge in [0.25, 0.3) is 5.91 Å². The fourth-order valence-electron chi connectivity index (χ4n) is 2.19. The fraction of sp³-hybridized carbons (Fsp3) is 0.188. The Balaban J connectivity index is 1.68. The molecule has 2 aromatic carbocycles. The number of anilines is 1. The fourth-order valence-corrected chi connectivity index (χ4v) is 2.19. The highest BCUT2D eigenvalue weighted by atomic mass is 16.5. The average Bonchev–Trinajstić information content (AvgIpc) is 2.85. The van der Waals surface area contributed by atoms with Crippen molar-refractivity contribution in [2.75, 3.05) is 5.32 Å². The van der Waals surface area contributed by atoms with Crippen molar-refractivity contribution in [1.29, 1.82) is 0 Å². The van der Waals surface area contributed by atoms with Gasteiger partial charge in [0.15, 0.2) is 6.10 Å². The lowest BCUT2D eigenvalue weighted by molar-refractivity contribution is -0.122. The van der Waals surface area contributed by atoms with Crippen LogP contribution >= 0.6 is 0 Å². The molecule has 96 valence electrons. The molecule has 1 amide bonds. The molecule has 0 bridgehead atoms. The topological polar surface area (TPSA) is 38.3 Å². The molecule has 0 saturated carbocycles. The van der Waals surface area contributed by atoms with Crippen molar-refractivity contribution in [2.45, 2.75) is 19.4 Å². The van der Waals surface area contributed by atoms with Crippen LogP contribution in [0.5, 0.6) is 5.75 Å². The summed E-state index contributed by atoms with van der Waals surface area (Å²) in [6.45, 7) is 2.02. The third-order valence-electron chi connectivity index (χ3n) is 3.26. The predicted molar refractivity (Wildman–Crippen MR) is 74.4 cm³/mol. The lowest BCUT2D eigenvalue weighted by atomic mass is 10.1. The SMILES string of the molecule is Cc1ccc(NC(=O)[C@@H]2Cc3ccccc3O2)cc1. The van der Waals surface area contributed by atoms with Gasteiger partial charge in [-0.3, -0.25) is 4.79 Å². The van der Waals surface area contributed by atoms with Crippen molar-refractivity contribution >= 4 is 11.6 Å². The second-order valence-electron chi connectivity index (χ2n) is 4.77. The van der Waals surface area contributed by atoms with Gasteiger partial charge in [0, 0.05) is 12.1 Å². The highest BCUT2D eigenvalue weighted by molar-refractivity contribution is 5.95. The Morgan fingerprint density at radius 1 is 1.16 bits per heavy atom. The van der Waals surface area contributed by atoms with Crippen LogP contribution < -0.4 is 10.1 Å². The van der Waals surface area contributed by atoms with Gasteiger partial charge in [-0.15, -0.1) is 0 Å². The lowest BCUT2D eigenvalue weighted by Crippen LogP contribution is -2.31. The molecule has 3 nitrogen and oxygen atoms in total. The minimum Gasteiger partial charge on any atom is -0.480 e. The highest BCUT2D eigenvalue weighted by Gasteiger charge is 2.28. The molecule has 3 heteroatoms. The molecule has 0 saturated heterocycles. The van der Waals surface area contributed by atoms with Gasteiger partial charge < -0.3 is 10.1 Å². The van der Waals surface area contributed by atoms with Crippen LogP contribution in [0, 0.1) is 6.92 Å². The van der Waals surface area contributed by atoms with E-state index in [9.17, 15) is 4.79 Å². The van der Waals surface area contributed by atoms with Crippen LogP contribution in [0.25, 0.3) is 0 Å². The van der Waals surface area contributed by atoms with E-state index in [0.29, 0.717) is 6.42 Å². The van der Waals surface area contributed by atoms with E-state index in [1.807, 2.05) is 55.5 Å². The molecule has 3 rings (SSSR count). The van der Waals surface area contributed by atoms with Crippen LogP contribution in [0.4, 0.5) is 5.69 Å². The Kier molecular flexibility index (Phi) is 2.95. The van der Waals surface area contributed by atoms with Crippen LogP contribution in [0.1, 0.15) is 11.1 Å². The number of para-hydroxylation sites is 1. The Morgan fingerprint density at radius 3 is 2.63 bits per heavy atom. The molecule has 1 N–H and O–H groups in total. The highest BCUT2D eigenvalue weighted by Crippen LogP contribution is 2.28. The van der Waals surface area contributed by atoms with Gasteiger partial charge in [-0.1, -0.05) is 35.9 Å². The number of nitrogens with one attached hydrogen (secondary N) is 1. The van der Waals surface area contributed by atoms with E-state index in [1.165, 1.54) is 5.56 Å². The molecular weight excluding hydrogens is 238 g/mol. The number of amides is 1. The maximum absolute atomic E-state index is 12.1. The first-order valence-electron chi connectivity index (χ1n) is 6.34. The van der Waals surface area contributed by atoms with E-state index in [1.54, 1.807) is 0 Å². The Bertz CT molecular complexity index is 579. The summed E-state index contributed by atoms with van der Waals surface area (Å²) in [4.78, 5) is 12.1. The molecule has 1 heterocycles. The Morgan fingerprint density at radius 2 is 1.89 bits per heavy atom. The van der Waals surface area contributed by atoms with Gasteiger partial charge in [-0.25, -0.2) is 0 Å². The van der Waals surface area contributed by atoms with Crippen molar-refractivity contribution < 1.29 is 9.53 Å². The molecule has 0 aliphatic carbocycles. The maximum Gasteiger partial charge on any atom is 0.265 e. The zero-order valence-electron chi connectivity index (χ0n) is 10.7. The summed E-state index contributed by atoms with van der Waals surface area (Å²) in [6, 6.07) is 15.5. The first-order valence-corrected chi connectivity index (χ1v) is 6.34. The molecule has 0 radical (unpaired) electrons. The maximum atomic E-state index is 12.1. The van der Waals surface area contributed by atoms with Gasteiger partial charge >= 0.3 is 0 Å². The average molecular weight is 253 g/mol. The summed E-state index contributed by atoms with van der Waals surface area (Å²) < 4.78 is 5.65. The van der Waals surface area contributed by atoms with Crippen molar-refractivity contribution in [3.63, 3.8) is 0 Å². The van der Waals surface area contributed by atoms with Gasteiger partial charge in [-0.05, 0) is 30.7 Å². The number of rotatable bonds is 2. The molecule has 0 unspecified atom stereocenters. The molecule has 0 aromatic heterocycles. The van der Waals surface area contributed by atoms with E-state index < -0.39 is 6.10 Å². The zero-order chi connectivity index (χ0) is 13.2. The third-order valence-corrected chi connectivity index (χ3v) is 3.26. The van der Waals surface area contributed by atoms with Crippen molar-refractivity contribution in [1.82, 2.24) is 0 Å². The summed E-state index contributed by atoms with van der Waals surface area (Å²) in [5, 5.41) is 2.88. The molecule has 2 aromatic rings. The van der Waals surface area contributed by atoms with E-state index in [0.717, 1.165) is 17.0 Å². The number of hydrogen-bond donors (Lipinski definition) is 1. The van der Waals surface area contributed by atoms with Gasteiger partial charge in [-0.2, -0.15) is 0 Å². The minimum atomic E-state index is -0.432. The Labute approximate surface area is 112 Å². The Hall–Kier alpha value is -2.29. The number of carbonyl (C=O) groups excluding carboxylic acids is 1. The second-order valence-corrected chi connectivity index (χ2v) is 4.77.